The van der Waals surface area contributed by atoms with Gasteiger partial charge in [-0.3, -0.25) is 4.90 Å². The van der Waals surface area contributed by atoms with Crippen LogP contribution in [0.3, 0.4) is 0 Å². The third kappa shape index (κ3) is 5.84. The van der Waals surface area contributed by atoms with Crippen LogP contribution < -0.4 is 10.6 Å². The summed E-state index contributed by atoms with van der Waals surface area (Å²) in [6.45, 7) is 11.2. The lowest BCUT2D eigenvalue weighted by Gasteiger charge is -2.37. The lowest BCUT2D eigenvalue weighted by atomic mass is 10.0. The first-order valence-electron chi connectivity index (χ1n) is 8.38. The molecule has 2 rings (SSSR count). The van der Waals surface area contributed by atoms with Crippen molar-refractivity contribution in [1.82, 2.24) is 25.1 Å². The molecule has 0 saturated carbocycles. The third-order valence-corrected chi connectivity index (χ3v) is 4.18. The van der Waals surface area contributed by atoms with Gasteiger partial charge in [0, 0.05) is 50.7 Å². The smallest absolute Gasteiger partial charge is 0.315 e. The number of hydrogen-bond donors (Lipinski definition) is 2. The standard InChI is InChI=1S/C16H29N5O2/c1-13(2)15(21-6-8-23-9-7-21)10-18-16(22)19-14(3)11-20-5-4-17-12-20/h4-5,12-15H,6-11H2,1-3H3,(H2,18,19,22)/t14-,15-/m1/s1. The average molecular weight is 323 g/mol. The van der Waals surface area contributed by atoms with E-state index in [-0.39, 0.29) is 12.1 Å². The molecule has 2 amide bonds. The Labute approximate surface area is 138 Å². The van der Waals surface area contributed by atoms with E-state index in [4.69, 9.17) is 4.74 Å². The molecule has 130 valence electrons. The molecule has 1 aromatic heterocycles. The first kappa shape index (κ1) is 17.7. The Morgan fingerprint density at radius 2 is 2.04 bits per heavy atom. The molecule has 0 aliphatic carbocycles. The molecule has 7 nitrogen and oxygen atoms in total. The number of imidazole rings is 1. The molecule has 1 aliphatic heterocycles. The fourth-order valence-corrected chi connectivity index (χ4v) is 2.92. The molecular formula is C16H29N5O2. The molecule has 7 heteroatoms. The zero-order valence-electron chi connectivity index (χ0n) is 14.4. The first-order chi connectivity index (χ1) is 11.1. The maximum atomic E-state index is 12.1. The molecule has 0 bridgehead atoms. The van der Waals surface area contributed by atoms with Gasteiger partial charge in [0.15, 0.2) is 0 Å². The van der Waals surface area contributed by atoms with Crippen LogP contribution in [-0.4, -0.2) is 65.4 Å². The molecular weight excluding hydrogens is 294 g/mol. The van der Waals surface area contributed by atoms with Crippen LogP contribution in [0.1, 0.15) is 20.8 Å². The van der Waals surface area contributed by atoms with Crippen LogP contribution in [0.5, 0.6) is 0 Å². The van der Waals surface area contributed by atoms with Gasteiger partial charge in [-0.05, 0) is 12.8 Å². The highest BCUT2D eigenvalue weighted by Gasteiger charge is 2.24. The minimum atomic E-state index is -0.114. The summed E-state index contributed by atoms with van der Waals surface area (Å²) in [4.78, 5) is 18.5. The van der Waals surface area contributed by atoms with Crippen LogP contribution in [0.4, 0.5) is 4.79 Å². The number of urea groups is 1. The molecule has 1 aromatic rings. The minimum absolute atomic E-state index is 0.0464. The largest absolute Gasteiger partial charge is 0.379 e. The summed E-state index contributed by atoms with van der Waals surface area (Å²) >= 11 is 0. The first-order valence-corrected chi connectivity index (χ1v) is 8.38. The number of carbonyl (C=O) groups is 1. The van der Waals surface area contributed by atoms with Crippen molar-refractivity contribution < 1.29 is 9.53 Å². The van der Waals surface area contributed by atoms with Crippen molar-refractivity contribution in [2.24, 2.45) is 5.92 Å². The van der Waals surface area contributed by atoms with Crippen LogP contribution in [0.15, 0.2) is 18.7 Å². The molecule has 0 spiro atoms. The summed E-state index contributed by atoms with van der Waals surface area (Å²) in [7, 11) is 0. The topological polar surface area (TPSA) is 71.4 Å². The molecule has 0 aromatic carbocycles. The van der Waals surface area contributed by atoms with Crippen LogP contribution >= 0.6 is 0 Å². The van der Waals surface area contributed by atoms with Crippen molar-refractivity contribution in [2.45, 2.75) is 39.4 Å². The zero-order valence-corrected chi connectivity index (χ0v) is 14.4. The summed E-state index contributed by atoms with van der Waals surface area (Å²) in [5.74, 6) is 0.483. The quantitative estimate of drug-likeness (QED) is 0.783. The Morgan fingerprint density at radius 1 is 1.30 bits per heavy atom. The van der Waals surface area contributed by atoms with E-state index in [1.807, 2.05) is 17.7 Å². The lowest BCUT2D eigenvalue weighted by Crippen LogP contribution is -2.53. The molecule has 2 heterocycles. The summed E-state index contributed by atoms with van der Waals surface area (Å²) in [6.07, 6.45) is 5.38. The second-order valence-electron chi connectivity index (χ2n) is 6.47. The fourth-order valence-electron chi connectivity index (χ4n) is 2.92. The van der Waals surface area contributed by atoms with Crippen molar-refractivity contribution in [2.75, 3.05) is 32.8 Å². The number of hydrogen-bond acceptors (Lipinski definition) is 4. The van der Waals surface area contributed by atoms with E-state index in [0.717, 1.165) is 26.3 Å². The van der Waals surface area contributed by atoms with Crippen LogP contribution in [0.25, 0.3) is 0 Å². The highest BCUT2D eigenvalue weighted by molar-refractivity contribution is 5.74. The molecule has 0 unspecified atom stereocenters. The van der Waals surface area contributed by atoms with Gasteiger partial charge in [0.05, 0.1) is 19.5 Å². The predicted octanol–water partition coefficient (Wildman–Crippen LogP) is 0.928. The van der Waals surface area contributed by atoms with Gasteiger partial charge in [0.2, 0.25) is 0 Å². The summed E-state index contributed by atoms with van der Waals surface area (Å²) in [6, 6.07) is 0.273. The molecule has 1 aliphatic rings. The monoisotopic (exact) mass is 323 g/mol. The Balaban J connectivity index is 1.74. The number of rotatable bonds is 7. The Bertz CT molecular complexity index is 457. The highest BCUT2D eigenvalue weighted by Crippen LogP contribution is 2.12. The van der Waals surface area contributed by atoms with Crippen molar-refractivity contribution in [1.29, 1.82) is 0 Å². The van der Waals surface area contributed by atoms with Crippen LogP contribution in [0, 0.1) is 5.92 Å². The number of carbonyl (C=O) groups excluding carboxylic acids is 1. The van der Waals surface area contributed by atoms with Gasteiger partial charge in [-0.1, -0.05) is 13.8 Å². The van der Waals surface area contributed by atoms with Gasteiger partial charge in [-0.25, -0.2) is 9.78 Å². The number of amides is 2. The number of nitrogens with one attached hydrogen (secondary N) is 2. The molecule has 23 heavy (non-hydrogen) atoms. The summed E-state index contributed by atoms with van der Waals surface area (Å²) < 4.78 is 7.36. The van der Waals surface area contributed by atoms with E-state index in [1.54, 1.807) is 12.5 Å². The molecule has 1 fully saturated rings. The van der Waals surface area contributed by atoms with E-state index in [2.05, 4.69) is 34.4 Å². The van der Waals surface area contributed by atoms with Gasteiger partial charge in [0.25, 0.3) is 0 Å². The van der Waals surface area contributed by atoms with Crippen molar-refractivity contribution in [3.8, 4) is 0 Å². The maximum absolute atomic E-state index is 12.1. The highest BCUT2D eigenvalue weighted by atomic mass is 16.5. The Morgan fingerprint density at radius 3 is 2.65 bits per heavy atom. The summed E-state index contributed by atoms with van der Waals surface area (Å²) in [5, 5.41) is 5.99. The predicted molar refractivity (Wildman–Crippen MR) is 89.2 cm³/mol. The second kappa shape index (κ2) is 8.88. The molecule has 0 radical (unpaired) electrons. The lowest BCUT2D eigenvalue weighted by molar-refractivity contribution is 0.00718. The Hall–Kier alpha value is -1.60. The number of nitrogens with zero attached hydrogens (tertiary/aromatic N) is 3. The van der Waals surface area contributed by atoms with E-state index in [0.29, 0.717) is 25.0 Å². The van der Waals surface area contributed by atoms with Crippen LogP contribution in [-0.2, 0) is 11.3 Å². The number of morpholine rings is 1. The van der Waals surface area contributed by atoms with Crippen molar-refractivity contribution in [3.63, 3.8) is 0 Å². The van der Waals surface area contributed by atoms with Crippen molar-refractivity contribution in [3.05, 3.63) is 18.7 Å². The third-order valence-electron chi connectivity index (χ3n) is 4.18. The van der Waals surface area contributed by atoms with Crippen LogP contribution in [0.2, 0.25) is 0 Å². The molecule has 2 N–H and O–H groups in total. The SMILES string of the molecule is CC(C)[C@@H](CNC(=O)N[C@H](C)Cn1ccnc1)N1CCOCC1. The number of ether oxygens (including phenoxy) is 1. The van der Waals surface area contributed by atoms with Gasteiger partial charge in [-0.15, -0.1) is 0 Å². The molecule has 2 atom stereocenters. The zero-order chi connectivity index (χ0) is 16.7. The minimum Gasteiger partial charge on any atom is -0.379 e. The van der Waals surface area contributed by atoms with E-state index >= 15 is 0 Å². The Kier molecular flexibility index (Phi) is 6.85. The van der Waals surface area contributed by atoms with E-state index in [9.17, 15) is 4.79 Å². The van der Waals surface area contributed by atoms with Gasteiger partial charge < -0.3 is 19.9 Å². The average Bonchev–Trinajstić information content (AvgIpc) is 3.00. The molecule has 1 saturated heterocycles. The van der Waals surface area contributed by atoms with Gasteiger partial charge >= 0.3 is 6.03 Å². The van der Waals surface area contributed by atoms with E-state index in [1.165, 1.54) is 0 Å². The fraction of sp³-hybridized carbons (Fsp3) is 0.750. The van der Waals surface area contributed by atoms with Gasteiger partial charge in [0.1, 0.15) is 0 Å². The number of aromatic nitrogens is 2. The normalized spacial score (nSPS) is 18.6. The second-order valence-corrected chi connectivity index (χ2v) is 6.47. The summed E-state index contributed by atoms with van der Waals surface area (Å²) in [5.41, 5.74) is 0. The van der Waals surface area contributed by atoms with E-state index < -0.39 is 0 Å². The van der Waals surface area contributed by atoms with Gasteiger partial charge in [-0.2, -0.15) is 0 Å². The maximum Gasteiger partial charge on any atom is 0.315 e. The van der Waals surface area contributed by atoms with Crippen molar-refractivity contribution >= 4 is 6.03 Å².